The van der Waals surface area contributed by atoms with Crippen LogP contribution < -0.4 is 0 Å². The molecule has 0 radical (unpaired) electrons. The highest BCUT2D eigenvalue weighted by atomic mass is 35.5. The van der Waals surface area contributed by atoms with Crippen LogP contribution in [0.15, 0.2) is 42.5 Å². The number of aryl methyl sites for hydroxylation is 1. The fraction of sp³-hybridized carbons (Fsp3) is 0.143. The molecule has 0 atom stereocenters. The van der Waals surface area contributed by atoms with E-state index in [-0.39, 0.29) is 0 Å². The number of halogens is 4. The molecule has 4 heteroatoms. The van der Waals surface area contributed by atoms with Crippen molar-refractivity contribution in [3.05, 3.63) is 58.6 Å². The van der Waals surface area contributed by atoms with E-state index in [0.29, 0.717) is 16.1 Å². The largest absolute Gasteiger partial charge is 0.416 e. The maximum Gasteiger partial charge on any atom is 0.416 e. The van der Waals surface area contributed by atoms with Gasteiger partial charge in [-0.05, 0) is 36.2 Å². The van der Waals surface area contributed by atoms with E-state index in [1.165, 1.54) is 6.07 Å². The molecule has 2 aromatic carbocycles. The van der Waals surface area contributed by atoms with E-state index < -0.39 is 11.7 Å². The summed E-state index contributed by atoms with van der Waals surface area (Å²) in [6.07, 6.45) is -4.32. The van der Waals surface area contributed by atoms with Crippen molar-refractivity contribution < 1.29 is 13.2 Å². The van der Waals surface area contributed by atoms with Crippen LogP contribution >= 0.6 is 11.6 Å². The predicted octanol–water partition coefficient (Wildman–Crippen LogP) is 5.33. The summed E-state index contributed by atoms with van der Waals surface area (Å²) < 4.78 is 37.7. The van der Waals surface area contributed by atoms with E-state index in [9.17, 15) is 13.2 Å². The lowest BCUT2D eigenvalue weighted by Gasteiger charge is -2.12. The molecular weight excluding hydrogens is 261 g/mol. The quantitative estimate of drug-likeness (QED) is 0.657. The van der Waals surface area contributed by atoms with Crippen LogP contribution in [0.25, 0.3) is 11.1 Å². The minimum Gasteiger partial charge on any atom is -0.166 e. The summed E-state index contributed by atoms with van der Waals surface area (Å²) in [6.45, 7) is 1.65. The monoisotopic (exact) mass is 270 g/mol. The Morgan fingerprint density at radius 2 is 1.61 bits per heavy atom. The molecule has 2 aromatic rings. The third-order valence-corrected chi connectivity index (χ3v) is 3.05. The molecule has 0 aliphatic rings. The normalized spacial score (nSPS) is 11.6. The van der Waals surface area contributed by atoms with Crippen LogP contribution in [-0.4, -0.2) is 0 Å². The van der Waals surface area contributed by atoms with E-state index in [2.05, 4.69) is 0 Å². The molecule has 0 amide bonds. The molecule has 0 nitrogen and oxygen atoms in total. The van der Waals surface area contributed by atoms with Crippen molar-refractivity contribution in [2.45, 2.75) is 13.1 Å². The smallest absolute Gasteiger partial charge is 0.166 e. The molecule has 0 spiro atoms. The molecule has 0 heterocycles. The van der Waals surface area contributed by atoms with Gasteiger partial charge in [-0.1, -0.05) is 35.9 Å². The van der Waals surface area contributed by atoms with Gasteiger partial charge >= 0.3 is 6.18 Å². The second-order valence-corrected chi connectivity index (χ2v) is 4.41. The van der Waals surface area contributed by atoms with Gasteiger partial charge in [-0.15, -0.1) is 0 Å². The van der Waals surface area contributed by atoms with E-state index in [1.54, 1.807) is 31.2 Å². The molecule has 0 saturated heterocycles. The molecular formula is C14H10ClF3. The molecule has 2 rings (SSSR count). The minimum absolute atomic E-state index is 0.528. The van der Waals surface area contributed by atoms with Crippen molar-refractivity contribution in [2.24, 2.45) is 0 Å². The van der Waals surface area contributed by atoms with Gasteiger partial charge in [0.25, 0.3) is 0 Å². The second kappa shape index (κ2) is 4.65. The molecule has 0 aliphatic heterocycles. The Morgan fingerprint density at radius 3 is 2.17 bits per heavy atom. The molecule has 18 heavy (non-hydrogen) atoms. The highest BCUT2D eigenvalue weighted by molar-refractivity contribution is 6.33. The minimum atomic E-state index is -4.32. The molecule has 0 N–H and O–H groups in total. The van der Waals surface area contributed by atoms with Crippen LogP contribution in [0.1, 0.15) is 11.1 Å². The molecule has 0 bridgehead atoms. The summed E-state index contributed by atoms with van der Waals surface area (Å²) >= 11 is 6.04. The summed E-state index contributed by atoms with van der Waals surface area (Å²) in [5.74, 6) is 0. The van der Waals surface area contributed by atoms with Crippen molar-refractivity contribution in [3.8, 4) is 11.1 Å². The van der Waals surface area contributed by atoms with Crippen molar-refractivity contribution in [1.82, 2.24) is 0 Å². The van der Waals surface area contributed by atoms with Crippen LogP contribution in [0.3, 0.4) is 0 Å². The second-order valence-electron chi connectivity index (χ2n) is 4.01. The zero-order chi connectivity index (χ0) is 13.3. The summed E-state index contributed by atoms with van der Waals surface area (Å²) in [5, 5.41) is 0.528. The number of rotatable bonds is 1. The fourth-order valence-corrected chi connectivity index (χ4v) is 2.06. The van der Waals surface area contributed by atoms with Gasteiger partial charge in [0.05, 0.1) is 5.56 Å². The lowest BCUT2D eigenvalue weighted by atomic mass is 9.98. The van der Waals surface area contributed by atoms with Crippen LogP contribution in [0.2, 0.25) is 5.02 Å². The van der Waals surface area contributed by atoms with Crippen molar-refractivity contribution in [2.75, 3.05) is 0 Å². The summed E-state index contributed by atoms with van der Waals surface area (Å²) in [4.78, 5) is 0. The molecule has 0 aromatic heterocycles. The first-order chi connectivity index (χ1) is 8.39. The van der Waals surface area contributed by atoms with Gasteiger partial charge in [0.15, 0.2) is 0 Å². The van der Waals surface area contributed by atoms with Gasteiger partial charge in [0.2, 0.25) is 0 Å². The Bertz CT molecular complexity index is 573. The first kappa shape index (κ1) is 13.0. The van der Waals surface area contributed by atoms with E-state index in [1.807, 2.05) is 0 Å². The summed E-state index contributed by atoms with van der Waals surface area (Å²) in [5.41, 5.74) is 1.37. The van der Waals surface area contributed by atoms with E-state index >= 15 is 0 Å². The Labute approximate surface area is 108 Å². The third-order valence-electron chi connectivity index (χ3n) is 2.72. The molecule has 0 saturated carbocycles. The average molecular weight is 271 g/mol. The van der Waals surface area contributed by atoms with Crippen LogP contribution in [0, 0.1) is 6.92 Å². The van der Waals surface area contributed by atoms with Crippen molar-refractivity contribution >= 4 is 11.6 Å². The number of alkyl halides is 3. The highest BCUT2D eigenvalue weighted by Gasteiger charge is 2.30. The van der Waals surface area contributed by atoms with Crippen molar-refractivity contribution in [1.29, 1.82) is 0 Å². The fourth-order valence-electron chi connectivity index (χ4n) is 1.82. The molecule has 94 valence electrons. The van der Waals surface area contributed by atoms with Crippen LogP contribution in [-0.2, 0) is 6.18 Å². The first-order valence-corrected chi connectivity index (χ1v) is 5.70. The SMILES string of the molecule is Cc1cc(C(F)(F)F)ccc1-c1ccccc1Cl. The van der Waals surface area contributed by atoms with E-state index in [0.717, 1.165) is 17.7 Å². The first-order valence-electron chi connectivity index (χ1n) is 5.32. The number of hydrogen-bond donors (Lipinski definition) is 0. The Kier molecular flexibility index (Phi) is 3.35. The molecule has 0 aliphatic carbocycles. The highest BCUT2D eigenvalue weighted by Crippen LogP contribution is 2.35. The lowest BCUT2D eigenvalue weighted by Crippen LogP contribution is -2.05. The maximum atomic E-state index is 12.6. The van der Waals surface area contributed by atoms with Crippen LogP contribution in [0.5, 0.6) is 0 Å². The molecule has 0 unspecified atom stereocenters. The zero-order valence-electron chi connectivity index (χ0n) is 9.55. The van der Waals surface area contributed by atoms with Gasteiger partial charge in [-0.25, -0.2) is 0 Å². The van der Waals surface area contributed by atoms with Crippen molar-refractivity contribution in [3.63, 3.8) is 0 Å². The Balaban J connectivity index is 2.52. The number of benzene rings is 2. The van der Waals surface area contributed by atoms with E-state index in [4.69, 9.17) is 11.6 Å². The Morgan fingerprint density at radius 1 is 0.944 bits per heavy atom. The summed E-state index contributed by atoms with van der Waals surface area (Å²) in [6, 6.07) is 10.8. The van der Waals surface area contributed by atoms with Gasteiger partial charge in [0.1, 0.15) is 0 Å². The maximum absolute atomic E-state index is 12.6. The predicted molar refractivity (Wildman–Crippen MR) is 66.6 cm³/mol. The van der Waals surface area contributed by atoms with Gasteiger partial charge in [0, 0.05) is 10.6 Å². The zero-order valence-corrected chi connectivity index (χ0v) is 10.3. The van der Waals surface area contributed by atoms with Gasteiger partial charge in [-0.3, -0.25) is 0 Å². The lowest BCUT2D eigenvalue weighted by molar-refractivity contribution is -0.137. The van der Waals surface area contributed by atoms with Crippen LogP contribution in [0.4, 0.5) is 13.2 Å². The average Bonchev–Trinajstić information content (AvgIpc) is 2.29. The Hall–Kier alpha value is -1.48. The topological polar surface area (TPSA) is 0 Å². The standard InChI is InChI=1S/C14H10ClF3/c1-9-8-10(14(16,17)18)6-7-11(9)12-4-2-3-5-13(12)15/h2-8H,1H3. The summed E-state index contributed by atoms with van der Waals surface area (Å²) in [7, 11) is 0. The van der Waals surface area contributed by atoms with Gasteiger partial charge in [-0.2, -0.15) is 13.2 Å². The number of hydrogen-bond acceptors (Lipinski definition) is 0. The third kappa shape index (κ3) is 2.51. The van der Waals surface area contributed by atoms with Gasteiger partial charge < -0.3 is 0 Å². The molecule has 0 fully saturated rings.